The zero-order valence-electron chi connectivity index (χ0n) is 14.1. The molecule has 0 aliphatic heterocycles. The summed E-state index contributed by atoms with van der Waals surface area (Å²) in [5.41, 5.74) is 7.37. The van der Waals surface area contributed by atoms with Gasteiger partial charge in [-0.2, -0.15) is 0 Å². The summed E-state index contributed by atoms with van der Waals surface area (Å²) >= 11 is 0. The van der Waals surface area contributed by atoms with Crippen LogP contribution in [0.2, 0.25) is 0 Å². The molecule has 0 unspecified atom stereocenters. The van der Waals surface area contributed by atoms with Gasteiger partial charge >= 0.3 is 0 Å². The van der Waals surface area contributed by atoms with Crippen LogP contribution >= 0.6 is 0 Å². The van der Waals surface area contributed by atoms with E-state index in [-0.39, 0.29) is 30.4 Å². The van der Waals surface area contributed by atoms with E-state index in [1.165, 1.54) is 12.1 Å². The van der Waals surface area contributed by atoms with E-state index in [4.69, 9.17) is 10.5 Å². The van der Waals surface area contributed by atoms with Crippen molar-refractivity contribution >= 4 is 5.91 Å². The van der Waals surface area contributed by atoms with Gasteiger partial charge in [-0.25, -0.2) is 4.39 Å². The van der Waals surface area contributed by atoms with Gasteiger partial charge in [-0.3, -0.25) is 4.79 Å². The molecule has 3 rings (SSSR count). The summed E-state index contributed by atoms with van der Waals surface area (Å²) in [6.07, 6.45) is 3.75. The van der Waals surface area contributed by atoms with E-state index in [0.717, 1.165) is 31.2 Å². The molecule has 1 fully saturated rings. The van der Waals surface area contributed by atoms with Crippen LogP contribution in [0.3, 0.4) is 0 Å². The summed E-state index contributed by atoms with van der Waals surface area (Å²) < 4.78 is 18.8. The fourth-order valence-electron chi connectivity index (χ4n) is 3.06. The highest BCUT2D eigenvalue weighted by Gasteiger charge is 2.20. The number of halogens is 1. The summed E-state index contributed by atoms with van der Waals surface area (Å²) in [6, 6.07) is 13.8. The van der Waals surface area contributed by atoms with Crippen LogP contribution in [0.4, 0.5) is 4.39 Å². The molecule has 1 saturated carbocycles. The Morgan fingerprint density at radius 2 is 1.88 bits per heavy atom. The second-order valence-electron chi connectivity index (χ2n) is 6.53. The van der Waals surface area contributed by atoms with Gasteiger partial charge in [0, 0.05) is 23.7 Å². The number of nitrogens with one attached hydrogen (secondary N) is 1. The summed E-state index contributed by atoms with van der Waals surface area (Å²) in [5.74, 6) is 0.0549. The number of benzene rings is 2. The van der Waals surface area contributed by atoms with Crippen molar-refractivity contribution in [3.63, 3.8) is 0 Å². The first-order valence-electron chi connectivity index (χ1n) is 8.64. The van der Waals surface area contributed by atoms with Crippen LogP contribution < -0.4 is 15.8 Å². The fraction of sp³-hybridized carbons (Fsp3) is 0.350. The molecule has 4 nitrogen and oxygen atoms in total. The quantitative estimate of drug-likeness (QED) is 0.875. The Hall–Kier alpha value is -2.40. The van der Waals surface area contributed by atoms with Crippen molar-refractivity contribution < 1.29 is 13.9 Å². The highest BCUT2D eigenvalue weighted by molar-refractivity contribution is 5.94. The molecule has 132 valence electrons. The first kappa shape index (κ1) is 17.4. The molecular formula is C20H23FN2O2. The Bertz CT molecular complexity index is 727. The molecule has 0 saturated heterocycles. The van der Waals surface area contributed by atoms with Crippen molar-refractivity contribution in [3.8, 4) is 5.75 Å². The molecule has 1 aliphatic rings. The molecule has 0 radical (unpaired) electrons. The number of carbonyl (C=O) groups excluding carboxylic acids is 1. The fourth-order valence-corrected chi connectivity index (χ4v) is 3.06. The molecule has 2 aromatic carbocycles. The highest BCUT2D eigenvalue weighted by atomic mass is 19.1. The van der Waals surface area contributed by atoms with Crippen LogP contribution in [-0.2, 0) is 6.61 Å². The van der Waals surface area contributed by atoms with Crippen molar-refractivity contribution in [2.45, 2.75) is 44.4 Å². The van der Waals surface area contributed by atoms with E-state index < -0.39 is 0 Å². The number of hydrogen-bond acceptors (Lipinski definition) is 3. The zero-order chi connectivity index (χ0) is 17.6. The maximum Gasteiger partial charge on any atom is 0.251 e. The van der Waals surface area contributed by atoms with Crippen LogP contribution in [-0.4, -0.2) is 18.0 Å². The topological polar surface area (TPSA) is 64.3 Å². The lowest BCUT2D eigenvalue weighted by molar-refractivity contribution is 0.0925. The standard InChI is InChI=1S/C20H23FN2O2/c21-16-5-2-6-19(12-16)25-13-14-3-1-4-15(11-14)20(24)23-18-9-7-17(22)8-10-18/h1-6,11-12,17-18H,7-10,13,22H2,(H,23,24). The van der Waals surface area contributed by atoms with Crippen LogP contribution in [0.1, 0.15) is 41.6 Å². The van der Waals surface area contributed by atoms with Crippen LogP contribution in [0, 0.1) is 5.82 Å². The van der Waals surface area contributed by atoms with Gasteiger partial charge in [-0.1, -0.05) is 18.2 Å². The lowest BCUT2D eigenvalue weighted by Crippen LogP contribution is -2.40. The van der Waals surface area contributed by atoms with E-state index in [2.05, 4.69) is 5.32 Å². The van der Waals surface area contributed by atoms with Crippen molar-refractivity contribution in [3.05, 3.63) is 65.5 Å². The van der Waals surface area contributed by atoms with E-state index in [9.17, 15) is 9.18 Å². The molecular weight excluding hydrogens is 319 g/mol. The molecule has 25 heavy (non-hydrogen) atoms. The maximum atomic E-state index is 13.2. The minimum Gasteiger partial charge on any atom is -0.489 e. The van der Waals surface area contributed by atoms with Crippen molar-refractivity contribution in [1.29, 1.82) is 0 Å². The van der Waals surface area contributed by atoms with Gasteiger partial charge in [-0.15, -0.1) is 0 Å². The molecule has 1 aliphatic carbocycles. The molecule has 5 heteroatoms. The molecule has 1 amide bonds. The SMILES string of the molecule is NC1CCC(NC(=O)c2cccc(COc3cccc(F)c3)c2)CC1. The van der Waals surface area contributed by atoms with Crippen LogP contribution in [0.5, 0.6) is 5.75 Å². The third-order valence-electron chi connectivity index (χ3n) is 4.50. The third-order valence-corrected chi connectivity index (χ3v) is 4.50. The number of amides is 1. The number of ether oxygens (including phenoxy) is 1. The number of rotatable bonds is 5. The van der Waals surface area contributed by atoms with Gasteiger partial charge < -0.3 is 15.8 Å². The van der Waals surface area contributed by atoms with Gasteiger partial charge in [0.15, 0.2) is 0 Å². The Morgan fingerprint density at radius 1 is 1.12 bits per heavy atom. The smallest absolute Gasteiger partial charge is 0.251 e. The van der Waals surface area contributed by atoms with Crippen molar-refractivity contribution in [2.75, 3.05) is 0 Å². The number of carbonyl (C=O) groups is 1. The van der Waals surface area contributed by atoms with Gasteiger partial charge in [0.2, 0.25) is 0 Å². The minimum absolute atomic E-state index is 0.0759. The van der Waals surface area contributed by atoms with Gasteiger partial charge in [0.25, 0.3) is 5.91 Å². The second kappa shape index (κ2) is 8.12. The lowest BCUT2D eigenvalue weighted by atomic mass is 9.91. The lowest BCUT2D eigenvalue weighted by Gasteiger charge is -2.26. The van der Waals surface area contributed by atoms with E-state index in [1.54, 1.807) is 18.2 Å². The molecule has 3 N–H and O–H groups in total. The van der Waals surface area contributed by atoms with E-state index in [0.29, 0.717) is 11.3 Å². The Balaban J connectivity index is 1.58. The molecule has 0 heterocycles. The summed E-state index contributed by atoms with van der Waals surface area (Å²) in [4.78, 5) is 12.4. The predicted molar refractivity (Wildman–Crippen MR) is 94.9 cm³/mol. The van der Waals surface area contributed by atoms with Crippen LogP contribution in [0.25, 0.3) is 0 Å². The predicted octanol–water partition coefficient (Wildman–Crippen LogP) is 3.40. The molecule has 0 bridgehead atoms. The monoisotopic (exact) mass is 342 g/mol. The van der Waals surface area contributed by atoms with Crippen molar-refractivity contribution in [2.24, 2.45) is 5.73 Å². The van der Waals surface area contributed by atoms with Gasteiger partial charge in [0.1, 0.15) is 18.2 Å². The summed E-state index contributed by atoms with van der Waals surface area (Å²) in [7, 11) is 0. The first-order valence-corrected chi connectivity index (χ1v) is 8.64. The molecule has 0 atom stereocenters. The average molecular weight is 342 g/mol. The Kier molecular flexibility index (Phi) is 5.66. The zero-order valence-corrected chi connectivity index (χ0v) is 14.1. The van der Waals surface area contributed by atoms with Gasteiger partial charge in [-0.05, 0) is 55.5 Å². The minimum atomic E-state index is -0.335. The molecule has 0 spiro atoms. The summed E-state index contributed by atoms with van der Waals surface area (Å²) in [6.45, 7) is 0.281. The third kappa shape index (κ3) is 5.03. The molecule has 0 aromatic heterocycles. The Morgan fingerprint density at radius 3 is 2.64 bits per heavy atom. The van der Waals surface area contributed by atoms with Crippen LogP contribution in [0.15, 0.2) is 48.5 Å². The average Bonchev–Trinajstić information content (AvgIpc) is 2.62. The van der Waals surface area contributed by atoms with E-state index in [1.807, 2.05) is 18.2 Å². The second-order valence-corrected chi connectivity index (χ2v) is 6.53. The maximum absolute atomic E-state index is 13.2. The summed E-state index contributed by atoms with van der Waals surface area (Å²) in [5, 5.41) is 3.08. The van der Waals surface area contributed by atoms with Crippen molar-refractivity contribution in [1.82, 2.24) is 5.32 Å². The largest absolute Gasteiger partial charge is 0.489 e. The number of nitrogens with two attached hydrogens (primary N) is 1. The first-order chi connectivity index (χ1) is 12.1. The van der Waals surface area contributed by atoms with Gasteiger partial charge in [0.05, 0.1) is 0 Å². The van der Waals surface area contributed by atoms with E-state index >= 15 is 0 Å². The highest BCUT2D eigenvalue weighted by Crippen LogP contribution is 2.18. The number of hydrogen-bond donors (Lipinski definition) is 2. The Labute approximate surface area is 147 Å². The normalized spacial score (nSPS) is 20.1. The molecule has 2 aromatic rings.